The number of rotatable bonds is 2. The molecule has 0 radical (unpaired) electrons. The van der Waals surface area contributed by atoms with Crippen LogP contribution in [0.3, 0.4) is 0 Å². The number of hydrogen-bond donors (Lipinski definition) is 1. The molecule has 1 fully saturated rings. The van der Waals surface area contributed by atoms with Crippen molar-refractivity contribution in [3.05, 3.63) is 34.9 Å². The van der Waals surface area contributed by atoms with Crippen LogP contribution in [0.5, 0.6) is 0 Å². The highest BCUT2D eigenvalue weighted by Crippen LogP contribution is 2.18. The molecule has 0 amide bonds. The monoisotopic (exact) mass is 211 g/mol. The fourth-order valence-corrected chi connectivity index (χ4v) is 2.14. The minimum atomic E-state index is -0.733. The van der Waals surface area contributed by atoms with E-state index in [2.05, 4.69) is 5.32 Å². The molecule has 3 heteroatoms. The van der Waals surface area contributed by atoms with E-state index in [0.29, 0.717) is 18.0 Å². The molecule has 15 heavy (non-hydrogen) atoms. The van der Waals surface area contributed by atoms with E-state index in [1.54, 1.807) is 13.0 Å². The highest BCUT2D eigenvalue weighted by atomic mass is 19.2. The first-order valence-electron chi connectivity index (χ1n) is 5.34. The summed E-state index contributed by atoms with van der Waals surface area (Å²) >= 11 is 0. The molecule has 1 aliphatic heterocycles. The molecule has 1 nitrogen and oxygen atoms in total. The normalized spacial score (nSPS) is 20.9. The third-order valence-corrected chi connectivity index (χ3v) is 2.88. The molecule has 1 aliphatic rings. The highest BCUT2D eigenvalue weighted by Gasteiger charge is 2.18. The molecular formula is C12H15F2N. The second kappa shape index (κ2) is 4.27. The number of hydrogen-bond acceptors (Lipinski definition) is 1. The van der Waals surface area contributed by atoms with E-state index in [1.807, 2.05) is 0 Å². The number of nitrogens with one attached hydrogen (secondary N) is 1. The molecule has 0 bridgehead atoms. The Morgan fingerprint density at radius 1 is 1.40 bits per heavy atom. The summed E-state index contributed by atoms with van der Waals surface area (Å²) in [5.41, 5.74) is 1.27. The molecule has 1 saturated heterocycles. The summed E-state index contributed by atoms with van der Waals surface area (Å²) in [5.74, 6) is -1.42. The van der Waals surface area contributed by atoms with E-state index in [4.69, 9.17) is 0 Å². The molecule has 0 saturated carbocycles. The van der Waals surface area contributed by atoms with E-state index >= 15 is 0 Å². The molecule has 1 aromatic carbocycles. The van der Waals surface area contributed by atoms with Crippen LogP contribution in [0.4, 0.5) is 8.78 Å². The van der Waals surface area contributed by atoms with Gasteiger partial charge in [0.05, 0.1) is 0 Å². The van der Waals surface area contributed by atoms with Gasteiger partial charge in [-0.1, -0.05) is 6.07 Å². The molecule has 2 rings (SSSR count). The summed E-state index contributed by atoms with van der Waals surface area (Å²) in [6.07, 6.45) is 2.76. The first-order chi connectivity index (χ1) is 7.16. The Hall–Kier alpha value is -0.960. The van der Waals surface area contributed by atoms with Crippen LogP contribution in [0.25, 0.3) is 0 Å². The number of aryl methyl sites for hydroxylation is 1. The van der Waals surface area contributed by atoms with Gasteiger partial charge in [-0.15, -0.1) is 0 Å². The summed E-state index contributed by atoms with van der Waals surface area (Å²) in [6.45, 7) is 2.77. The van der Waals surface area contributed by atoms with Gasteiger partial charge >= 0.3 is 0 Å². The van der Waals surface area contributed by atoms with Crippen LogP contribution >= 0.6 is 0 Å². The van der Waals surface area contributed by atoms with Gasteiger partial charge in [0.15, 0.2) is 11.6 Å². The Bertz CT molecular complexity index is 357. The van der Waals surface area contributed by atoms with Gasteiger partial charge < -0.3 is 5.32 Å². The lowest BCUT2D eigenvalue weighted by molar-refractivity contribution is 0.487. The van der Waals surface area contributed by atoms with Crippen molar-refractivity contribution >= 4 is 0 Å². The average Bonchev–Trinajstić information content (AvgIpc) is 2.66. The van der Waals surface area contributed by atoms with Crippen molar-refractivity contribution in [2.75, 3.05) is 6.54 Å². The minimum absolute atomic E-state index is 0.306. The summed E-state index contributed by atoms with van der Waals surface area (Å²) in [5, 5.41) is 3.28. The van der Waals surface area contributed by atoms with Crippen LogP contribution in [-0.4, -0.2) is 12.6 Å². The highest BCUT2D eigenvalue weighted by molar-refractivity contribution is 5.26. The van der Waals surface area contributed by atoms with Gasteiger partial charge in [0.1, 0.15) is 0 Å². The predicted octanol–water partition coefficient (Wildman–Crippen LogP) is 2.57. The van der Waals surface area contributed by atoms with Gasteiger partial charge in [0, 0.05) is 6.04 Å². The molecule has 1 heterocycles. The average molecular weight is 211 g/mol. The van der Waals surface area contributed by atoms with E-state index in [0.717, 1.165) is 24.9 Å². The van der Waals surface area contributed by atoms with Crippen LogP contribution in [0.1, 0.15) is 24.0 Å². The molecule has 1 aromatic rings. The van der Waals surface area contributed by atoms with Gasteiger partial charge in [-0.2, -0.15) is 0 Å². The van der Waals surface area contributed by atoms with E-state index in [9.17, 15) is 8.78 Å². The van der Waals surface area contributed by atoms with Crippen molar-refractivity contribution in [3.63, 3.8) is 0 Å². The largest absolute Gasteiger partial charge is 0.314 e. The number of halogens is 2. The molecular weight excluding hydrogens is 196 g/mol. The maximum Gasteiger partial charge on any atom is 0.162 e. The number of benzene rings is 1. The van der Waals surface area contributed by atoms with E-state index in [-0.39, 0.29) is 0 Å². The third kappa shape index (κ3) is 2.34. The lowest BCUT2D eigenvalue weighted by Crippen LogP contribution is -2.24. The Balaban J connectivity index is 2.19. The molecule has 1 unspecified atom stereocenters. The van der Waals surface area contributed by atoms with Gasteiger partial charge in [-0.05, 0) is 49.9 Å². The van der Waals surface area contributed by atoms with E-state index in [1.165, 1.54) is 6.07 Å². The summed E-state index contributed by atoms with van der Waals surface area (Å²) < 4.78 is 26.6. The topological polar surface area (TPSA) is 12.0 Å². The second-order valence-electron chi connectivity index (χ2n) is 4.22. The first kappa shape index (κ1) is 10.6. The first-order valence-corrected chi connectivity index (χ1v) is 5.34. The van der Waals surface area contributed by atoms with Gasteiger partial charge in [-0.3, -0.25) is 0 Å². The maximum atomic E-state index is 13.4. The molecule has 1 atom stereocenters. The minimum Gasteiger partial charge on any atom is -0.314 e. The molecule has 0 aliphatic carbocycles. The predicted molar refractivity (Wildman–Crippen MR) is 55.8 cm³/mol. The fourth-order valence-electron chi connectivity index (χ4n) is 2.14. The quantitative estimate of drug-likeness (QED) is 0.792. The Labute approximate surface area is 88.5 Å². The van der Waals surface area contributed by atoms with E-state index < -0.39 is 11.6 Å². The van der Waals surface area contributed by atoms with Crippen LogP contribution in [0, 0.1) is 18.6 Å². The lowest BCUT2D eigenvalue weighted by atomic mass is 10.0. The van der Waals surface area contributed by atoms with Crippen LogP contribution in [0.2, 0.25) is 0 Å². The maximum absolute atomic E-state index is 13.4. The molecule has 0 aromatic heterocycles. The lowest BCUT2D eigenvalue weighted by Gasteiger charge is -2.11. The van der Waals surface area contributed by atoms with Crippen molar-refractivity contribution in [3.8, 4) is 0 Å². The van der Waals surface area contributed by atoms with Crippen molar-refractivity contribution in [2.24, 2.45) is 0 Å². The molecule has 82 valence electrons. The zero-order valence-corrected chi connectivity index (χ0v) is 8.82. The Kier molecular flexibility index (Phi) is 3.00. The third-order valence-electron chi connectivity index (χ3n) is 2.88. The zero-order chi connectivity index (χ0) is 10.8. The fraction of sp³-hybridized carbons (Fsp3) is 0.500. The summed E-state index contributed by atoms with van der Waals surface area (Å²) in [4.78, 5) is 0. The smallest absolute Gasteiger partial charge is 0.162 e. The van der Waals surface area contributed by atoms with Crippen LogP contribution in [-0.2, 0) is 6.42 Å². The van der Waals surface area contributed by atoms with Crippen LogP contribution in [0.15, 0.2) is 12.1 Å². The van der Waals surface area contributed by atoms with Crippen molar-refractivity contribution in [1.29, 1.82) is 0 Å². The van der Waals surface area contributed by atoms with Gasteiger partial charge in [0.25, 0.3) is 0 Å². The molecule has 1 N–H and O–H groups in total. The summed E-state index contributed by atoms with van der Waals surface area (Å²) in [6, 6.07) is 3.28. The Morgan fingerprint density at radius 2 is 2.20 bits per heavy atom. The SMILES string of the molecule is Cc1cc(F)c(F)c(CC2CCCN2)c1. The van der Waals surface area contributed by atoms with Crippen molar-refractivity contribution in [2.45, 2.75) is 32.2 Å². The standard InChI is InChI=1S/C12H15F2N/c1-8-5-9(12(14)11(13)6-8)7-10-3-2-4-15-10/h5-6,10,15H,2-4,7H2,1H3. The van der Waals surface area contributed by atoms with Gasteiger partial charge in [0.2, 0.25) is 0 Å². The Morgan fingerprint density at radius 3 is 2.87 bits per heavy atom. The van der Waals surface area contributed by atoms with Crippen molar-refractivity contribution in [1.82, 2.24) is 5.32 Å². The van der Waals surface area contributed by atoms with Crippen molar-refractivity contribution < 1.29 is 8.78 Å². The zero-order valence-electron chi connectivity index (χ0n) is 8.82. The molecule has 0 spiro atoms. The van der Waals surface area contributed by atoms with Gasteiger partial charge in [-0.25, -0.2) is 8.78 Å². The summed E-state index contributed by atoms with van der Waals surface area (Å²) in [7, 11) is 0. The van der Waals surface area contributed by atoms with Crippen LogP contribution < -0.4 is 5.32 Å². The second-order valence-corrected chi connectivity index (χ2v) is 4.22.